The summed E-state index contributed by atoms with van der Waals surface area (Å²) in [5, 5.41) is 9.85. The predicted octanol–water partition coefficient (Wildman–Crippen LogP) is 5.08. The van der Waals surface area contributed by atoms with Gasteiger partial charge in [0.05, 0.1) is 29.5 Å². The first-order valence-electron chi connectivity index (χ1n) is 16.0. The average Bonchev–Trinajstić information content (AvgIpc) is 3.59. The van der Waals surface area contributed by atoms with E-state index in [1.807, 2.05) is 17.0 Å². The Morgan fingerprint density at radius 3 is 2.83 bits per heavy atom. The van der Waals surface area contributed by atoms with Crippen LogP contribution in [0.4, 0.5) is 19.0 Å². The monoisotopic (exact) mass is 631 g/mol. The number of hydrogen-bond acceptors (Lipinski definition) is 8. The Morgan fingerprint density at radius 1 is 1.15 bits per heavy atom. The highest BCUT2D eigenvalue weighted by molar-refractivity contribution is 5.93. The Hall–Kier alpha value is -4.24. The molecule has 4 aliphatic rings. The summed E-state index contributed by atoms with van der Waals surface area (Å²) >= 11 is 0. The number of piperazine rings is 1. The molecule has 0 spiro atoms. The van der Waals surface area contributed by atoms with Crippen molar-refractivity contribution in [2.75, 3.05) is 44.2 Å². The third-order valence-electron chi connectivity index (χ3n) is 10.1. The van der Waals surface area contributed by atoms with Crippen molar-refractivity contribution < 1.29 is 22.7 Å². The summed E-state index contributed by atoms with van der Waals surface area (Å²) in [6.07, 6.45) is 6.59. The number of aryl methyl sites for hydroxylation is 1. The van der Waals surface area contributed by atoms with Crippen LogP contribution in [0.3, 0.4) is 0 Å². The Balaban J connectivity index is 1.30. The second-order valence-electron chi connectivity index (χ2n) is 12.9. The molecule has 3 atom stereocenters. The van der Waals surface area contributed by atoms with Crippen LogP contribution in [0.15, 0.2) is 36.8 Å². The zero-order valence-corrected chi connectivity index (χ0v) is 25.7. The summed E-state index contributed by atoms with van der Waals surface area (Å²) in [4.78, 5) is 31.7. The number of fused-ring (bicyclic) bond motifs is 3. The molecule has 46 heavy (non-hydrogen) atoms. The van der Waals surface area contributed by atoms with E-state index in [0.717, 1.165) is 56.2 Å². The smallest absolute Gasteiger partial charge is 0.319 e. The lowest BCUT2D eigenvalue weighted by Crippen LogP contribution is -2.55. The summed E-state index contributed by atoms with van der Waals surface area (Å²) in [7, 11) is 0. The lowest BCUT2D eigenvalue weighted by Gasteiger charge is -2.41. The second-order valence-corrected chi connectivity index (χ2v) is 12.9. The van der Waals surface area contributed by atoms with Crippen LogP contribution in [0.25, 0.3) is 22.2 Å². The van der Waals surface area contributed by atoms with Crippen LogP contribution in [-0.2, 0) is 17.6 Å². The molecule has 3 saturated heterocycles. The van der Waals surface area contributed by atoms with Crippen molar-refractivity contribution in [3.8, 4) is 23.3 Å². The number of amides is 1. The molecule has 0 N–H and O–H groups in total. The average molecular weight is 632 g/mol. The van der Waals surface area contributed by atoms with Crippen LogP contribution < -0.4 is 9.64 Å². The van der Waals surface area contributed by atoms with Gasteiger partial charge in [-0.25, -0.2) is 13.2 Å². The van der Waals surface area contributed by atoms with Crippen molar-refractivity contribution in [3.05, 3.63) is 53.7 Å². The molecule has 3 aromatic rings. The van der Waals surface area contributed by atoms with Gasteiger partial charge in [0.25, 0.3) is 5.91 Å². The van der Waals surface area contributed by atoms with Gasteiger partial charge < -0.3 is 14.5 Å². The molecule has 1 aliphatic carbocycles. The number of pyridine rings is 1. The highest BCUT2D eigenvalue weighted by Gasteiger charge is 2.49. The van der Waals surface area contributed by atoms with Crippen LogP contribution in [-0.4, -0.2) is 87.7 Å². The minimum Gasteiger partial charge on any atom is -0.461 e. The van der Waals surface area contributed by atoms with Crippen LogP contribution in [0.1, 0.15) is 49.7 Å². The zero-order chi connectivity index (χ0) is 32.0. The standard InChI is InChI=1S/C34H36F3N7O2/c1-21(35)32(45)44-15-14-42(19-24(44)10-12-38)31-27-17-39-29(26-9-4-7-22-6-2-3-8-25(22)26)28(37)30(27)40-33(41-31)46-20-34-11-5-13-43(34)18-23(36)16-34/h4,7,9,17,23-24H,1-3,5-6,8,10-11,13-16,18-20H2/t23-,24+,34+/m1/s1. The number of rotatable bonds is 7. The van der Waals surface area contributed by atoms with Crippen LogP contribution in [0.5, 0.6) is 6.01 Å². The van der Waals surface area contributed by atoms with Gasteiger partial charge in [-0.2, -0.15) is 15.2 Å². The van der Waals surface area contributed by atoms with E-state index in [1.54, 1.807) is 6.20 Å². The van der Waals surface area contributed by atoms with E-state index in [9.17, 15) is 18.8 Å². The highest BCUT2D eigenvalue weighted by Crippen LogP contribution is 2.41. The zero-order valence-electron chi connectivity index (χ0n) is 25.7. The van der Waals surface area contributed by atoms with Gasteiger partial charge in [0, 0.05) is 44.4 Å². The van der Waals surface area contributed by atoms with Gasteiger partial charge >= 0.3 is 6.01 Å². The molecule has 240 valence electrons. The van der Waals surface area contributed by atoms with E-state index >= 15 is 4.39 Å². The van der Waals surface area contributed by atoms with Crippen LogP contribution in [0.2, 0.25) is 0 Å². The summed E-state index contributed by atoms with van der Waals surface area (Å²) in [6.45, 7) is 4.97. The molecule has 1 amide bonds. The summed E-state index contributed by atoms with van der Waals surface area (Å²) in [6, 6.07) is 7.30. The van der Waals surface area contributed by atoms with Gasteiger partial charge in [0.1, 0.15) is 29.8 Å². The normalized spacial score (nSPS) is 24.5. The Bertz CT molecular complexity index is 1750. The Kier molecular flexibility index (Phi) is 8.05. The number of ether oxygens (including phenoxy) is 1. The fourth-order valence-corrected chi connectivity index (χ4v) is 7.92. The maximum absolute atomic E-state index is 16.7. The van der Waals surface area contributed by atoms with Crippen molar-refractivity contribution in [1.82, 2.24) is 24.8 Å². The number of hydrogen-bond donors (Lipinski definition) is 0. The lowest BCUT2D eigenvalue weighted by atomic mass is 9.87. The predicted molar refractivity (Wildman–Crippen MR) is 166 cm³/mol. The quantitative estimate of drug-likeness (QED) is 0.333. The maximum Gasteiger partial charge on any atom is 0.319 e. The van der Waals surface area contributed by atoms with Crippen molar-refractivity contribution in [3.63, 3.8) is 0 Å². The molecule has 1 aromatic carbocycles. The number of alkyl halides is 1. The molecule has 0 bridgehead atoms. The Labute approximate surface area is 265 Å². The number of nitriles is 1. The minimum atomic E-state index is -1.09. The number of halogens is 3. The number of nitrogens with zero attached hydrogens (tertiary/aromatic N) is 7. The van der Waals surface area contributed by atoms with E-state index in [1.165, 1.54) is 10.5 Å². The summed E-state index contributed by atoms with van der Waals surface area (Å²) in [5.41, 5.74) is 2.84. The molecule has 0 saturated carbocycles. The third kappa shape index (κ3) is 5.34. The Morgan fingerprint density at radius 2 is 2.00 bits per heavy atom. The van der Waals surface area contributed by atoms with Crippen molar-refractivity contribution >= 4 is 22.6 Å². The minimum absolute atomic E-state index is 0.0374. The molecule has 5 heterocycles. The molecule has 0 unspecified atom stereocenters. The van der Waals surface area contributed by atoms with Gasteiger partial charge in [0.15, 0.2) is 11.6 Å². The molecule has 2 aromatic heterocycles. The SMILES string of the molecule is C=C(F)C(=O)N1CCN(c2nc(OC[C@@]34CCCN3C[C@H](F)C4)nc3c(F)c(-c4cccc5c4CCCC5)ncc23)C[C@@H]1CC#N. The molecular formula is C34H36F3N7O2. The number of carbonyl (C=O) groups is 1. The fraction of sp³-hybridized carbons (Fsp3) is 0.500. The molecule has 7 rings (SSSR count). The number of carbonyl (C=O) groups excluding carboxylic acids is 1. The largest absolute Gasteiger partial charge is 0.461 e. The van der Waals surface area contributed by atoms with Crippen molar-refractivity contribution in [2.24, 2.45) is 0 Å². The molecule has 3 aliphatic heterocycles. The van der Waals surface area contributed by atoms with Crippen LogP contribution >= 0.6 is 0 Å². The first-order valence-corrected chi connectivity index (χ1v) is 16.0. The first kappa shape index (κ1) is 30.4. The summed E-state index contributed by atoms with van der Waals surface area (Å²) < 4.78 is 51.2. The fourth-order valence-electron chi connectivity index (χ4n) is 7.92. The second kappa shape index (κ2) is 12.2. The molecule has 9 nitrogen and oxygen atoms in total. The van der Waals surface area contributed by atoms with Gasteiger partial charge in [0.2, 0.25) is 0 Å². The van der Waals surface area contributed by atoms with Gasteiger partial charge in [-0.1, -0.05) is 24.8 Å². The van der Waals surface area contributed by atoms with Gasteiger partial charge in [-0.05, 0) is 56.2 Å². The van der Waals surface area contributed by atoms with Crippen molar-refractivity contribution in [2.45, 2.75) is 69.1 Å². The summed E-state index contributed by atoms with van der Waals surface area (Å²) in [5.74, 6) is -2.20. The lowest BCUT2D eigenvalue weighted by molar-refractivity contribution is -0.131. The third-order valence-corrected chi connectivity index (χ3v) is 10.1. The van der Waals surface area contributed by atoms with E-state index in [2.05, 4.69) is 33.6 Å². The number of aromatic nitrogens is 3. The van der Waals surface area contributed by atoms with E-state index in [4.69, 9.17) is 9.72 Å². The number of benzene rings is 1. The highest BCUT2D eigenvalue weighted by atomic mass is 19.1. The molecular weight excluding hydrogens is 595 g/mol. The molecule has 0 radical (unpaired) electrons. The molecule has 3 fully saturated rings. The topological polar surface area (TPSA) is 98.5 Å². The maximum atomic E-state index is 16.7. The van der Waals surface area contributed by atoms with Gasteiger partial charge in [-0.3, -0.25) is 14.7 Å². The van der Waals surface area contributed by atoms with E-state index in [0.29, 0.717) is 24.2 Å². The molecule has 12 heteroatoms. The van der Waals surface area contributed by atoms with E-state index < -0.39 is 35.3 Å². The van der Waals surface area contributed by atoms with E-state index in [-0.39, 0.29) is 49.9 Å². The number of anilines is 1. The van der Waals surface area contributed by atoms with Crippen LogP contribution in [0, 0.1) is 17.1 Å². The van der Waals surface area contributed by atoms with Crippen molar-refractivity contribution in [1.29, 1.82) is 5.26 Å². The first-order chi connectivity index (χ1) is 22.3. The van der Waals surface area contributed by atoms with Gasteiger partial charge in [-0.15, -0.1) is 0 Å².